The van der Waals surface area contributed by atoms with Gasteiger partial charge in [0.15, 0.2) is 0 Å². The Bertz CT molecular complexity index is 795. The molecule has 1 aliphatic heterocycles. The van der Waals surface area contributed by atoms with Crippen molar-refractivity contribution in [1.29, 1.82) is 10.8 Å². The Hall–Kier alpha value is -3.43. The van der Waals surface area contributed by atoms with Crippen molar-refractivity contribution in [2.24, 2.45) is 0 Å². The molecule has 1 aromatic heterocycles. The number of nitrogens with two attached hydrogens (primary N) is 2. The maximum absolute atomic E-state index is 12.1. The van der Waals surface area contributed by atoms with Crippen LogP contribution >= 0.6 is 0 Å². The van der Waals surface area contributed by atoms with Crippen LogP contribution < -0.4 is 22.1 Å². The molecule has 0 aromatic carbocycles. The number of carbonyl (C=O) groups excluding carboxylic acids is 1. The molecule has 1 atom stereocenters. The first-order valence-corrected chi connectivity index (χ1v) is 9.56. The zero-order valence-corrected chi connectivity index (χ0v) is 16.7. The van der Waals surface area contributed by atoms with Crippen molar-refractivity contribution < 1.29 is 4.79 Å². The summed E-state index contributed by atoms with van der Waals surface area (Å²) in [6.07, 6.45) is 7.09. The molecule has 10 nitrogen and oxygen atoms in total. The van der Waals surface area contributed by atoms with Gasteiger partial charge in [-0.15, -0.1) is 0 Å². The van der Waals surface area contributed by atoms with Gasteiger partial charge in [-0.05, 0) is 32.3 Å². The molecule has 0 radical (unpaired) electrons. The maximum atomic E-state index is 12.1. The molecular formula is C19H29N9O. The number of anilines is 3. The zero-order chi connectivity index (χ0) is 21.4. The summed E-state index contributed by atoms with van der Waals surface area (Å²) in [5.41, 5.74) is 13.0. The van der Waals surface area contributed by atoms with Crippen LogP contribution in [0.3, 0.4) is 0 Å². The highest BCUT2D eigenvalue weighted by atomic mass is 16.2. The Labute approximate surface area is 170 Å². The first-order valence-electron chi connectivity index (χ1n) is 9.56. The third-order valence-corrected chi connectivity index (χ3v) is 4.66. The van der Waals surface area contributed by atoms with Gasteiger partial charge in [0.05, 0.1) is 11.3 Å². The predicted octanol–water partition coefficient (Wildman–Crippen LogP) is 1.48. The van der Waals surface area contributed by atoms with Gasteiger partial charge in [-0.1, -0.05) is 6.58 Å². The molecule has 0 aliphatic carbocycles. The van der Waals surface area contributed by atoms with Crippen LogP contribution in [0.15, 0.2) is 24.6 Å². The van der Waals surface area contributed by atoms with E-state index >= 15 is 0 Å². The number of aromatic nitrogens is 2. The van der Waals surface area contributed by atoms with E-state index in [1.54, 1.807) is 11.1 Å². The fourth-order valence-electron chi connectivity index (χ4n) is 3.27. The van der Waals surface area contributed by atoms with Crippen molar-refractivity contribution in [1.82, 2.24) is 20.2 Å². The lowest BCUT2D eigenvalue weighted by atomic mass is 9.94. The molecule has 0 spiro atoms. The monoisotopic (exact) mass is 399 g/mol. The maximum Gasteiger partial charge on any atom is 0.246 e. The molecule has 1 saturated heterocycles. The van der Waals surface area contributed by atoms with E-state index in [9.17, 15) is 4.79 Å². The number of nitrogen functional groups attached to an aromatic ring is 2. The number of piperidine rings is 1. The number of likely N-dealkylation sites (tertiary alicyclic amines) is 1. The molecule has 1 aromatic rings. The molecular weight excluding hydrogens is 370 g/mol. The van der Waals surface area contributed by atoms with Crippen molar-refractivity contribution in [2.45, 2.75) is 38.6 Å². The molecule has 1 amide bonds. The number of carbonyl (C=O) groups is 1. The summed E-state index contributed by atoms with van der Waals surface area (Å²) in [7, 11) is 0. The normalized spacial score (nSPS) is 16.8. The van der Waals surface area contributed by atoms with Gasteiger partial charge in [0.25, 0.3) is 0 Å². The lowest BCUT2D eigenvalue weighted by Crippen LogP contribution is -2.44. The summed E-state index contributed by atoms with van der Waals surface area (Å²) in [5.74, 6) is 0.168. The molecule has 8 N–H and O–H groups in total. The molecule has 156 valence electrons. The molecule has 10 heteroatoms. The SMILES string of the molecule is C=CC(=O)N1CCCCC1CC(=N)c1c(N)nc(N/C(C=N)=C/NCC)nc1N. The fourth-order valence-corrected chi connectivity index (χ4v) is 3.27. The highest BCUT2D eigenvalue weighted by molar-refractivity contribution is 6.06. The Balaban J connectivity index is 2.19. The van der Waals surface area contributed by atoms with E-state index in [0.29, 0.717) is 25.2 Å². The molecule has 1 unspecified atom stereocenters. The predicted molar refractivity (Wildman–Crippen MR) is 116 cm³/mol. The minimum Gasteiger partial charge on any atom is -0.389 e. The quantitative estimate of drug-likeness (QED) is 0.270. The second-order valence-corrected chi connectivity index (χ2v) is 6.69. The van der Waals surface area contributed by atoms with Gasteiger partial charge in [-0.25, -0.2) is 0 Å². The number of hydrogen-bond acceptors (Lipinski definition) is 9. The average Bonchev–Trinajstić information content (AvgIpc) is 2.70. The molecule has 0 saturated carbocycles. The van der Waals surface area contributed by atoms with Gasteiger partial charge in [0, 0.05) is 43.7 Å². The largest absolute Gasteiger partial charge is 0.389 e. The number of allylic oxidation sites excluding steroid dienone is 1. The summed E-state index contributed by atoms with van der Waals surface area (Å²) >= 11 is 0. The number of hydrogen-bond donors (Lipinski definition) is 6. The molecule has 1 fully saturated rings. The third kappa shape index (κ3) is 5.53. The Kier molecular flexibility index (Phi) is 7.70. The van der Waals surface area contributed by atoms with E-state index in [4.69, 9.17) is 22.3 Å². The zero-order valence-electron chi connectivity index (χ0n) is 16.7. The highest BCUT2D eigenvalue weighted by Crippen LogP contribution is 2.25. The smallest absolute Gasteiger partial charge is 0.246 e. The van der Waals surface area contributed by atoms with Crippen LogP contribution in [0.5, 0.6) is 0 Å². The molecule has 2 heterocycles. The first-order chi connectivity index (χ1) is 13.9. The summed E-state index contributed by atoms with van der Waals surface area (Å²) in [6, 6.07) is -0.106. The van der Waals surface area contributed by atoms with Crippen molar-refractivity contribution >= 4 is 35.4 Å². The molecule has 29 heavy (non-hydrogen) atoms. The number of nitrogens with one attached hydrogen (secondary N) is 4. The van der Waals surface area contributed by atoms with Crippen LogP contribution in [0.2, 0.25) is 0 Å². The van der Waals surface area contributed by atoms with E-state index < -0.39 is 0 Å². The Morgan fingerprint density at radius 1 is 1.34 bits per heavy atom. The number of nitrogens with zero attached hydrogens (tertiary/aromatic N) is 3. The van der Waals surface area contributed by atoms with Crippen molar-refractivity contribution in [3.8, 4) is 0 Å². The highest BCUT2D eigenvalue weighted by Gasteiger charge is 2.28. The summed E-state index contributed by atoms with van der Waals surface area (Å²) in [4.78, 5) is 22.2. The van der Waals surface area contributed by atoms with E-state index in [2.05, 4.69) is 27.2 Å². The van der Waals surface area contributed by atoms with E-state index in [-0.39, 0.29) is 40.8 Å². The summed E-state index contributed by atoms with van der Waals surface area (Å²) in [5, 5.41) is 21.8. The minimum absolute atomic E-state index is 0.0789. The lowest BCUT2D eigenvalue weighted by Gasteiger charge is -2.35. The lowest BCUT2D eigenvalue weighted by molar-refractivity contribution is -0.129. The summed E-state index contributed by atoms with van der Waals surface area (Å²) in [6.45, 7) is 6.84. The number of amides is 1. The Morgan fingerprint density at radius 2 is 2.03 bits per heavy atom. The number of rotatable bonds is 9. The first kappa shape index (κ1) is 21.9. The van der Waals surface area contributed by atoms with Gasteiger partial charge >= 0.3 is 0 Å². The van der Waals surface area contributed by atoms with Gasteiger partial charge in [-0.2, -0.15) is 9.97 Å². The summed E-state index contributed by atoms with van der Waals surface area (Å²) < 4.78 is 0. The van der Waals surface area contributed by atoms with Gasteiger partial charge in [-0.3, -0.25) is 4.79 Å². The Morgan fingerprint density at radius 3 is 2.62 bits per heavy atom. The standard InChI is InChI=1S/C19H29N9O/c1-3-15(29)28-8-6-5-7-13(28)9-14(21)16-17(22)26-19(27-18(16)23)25-12(10-20)11-24-4-2/h3,10-11,13,20-21,24H,1,4-9H2,2H3,(H5,22,23,25,26,27)/b12-11+,20-10?,21-14?. The molecule has 1 aliphatic rings. The van der Waals surface area contributed by atoms with Crippen molar-refractivity contribution in [3.63, 3.8) is 0 Å². The topological polar surface area (TPSA) is 170 Å². The molecule has 0 bridgehead atoms. The van der Waals surface area contributed by atoms with Gasteiger partial charge < -0.3 is 37.8 Å². The average molecular weight is 400 g/mol. The van der Waals surface area contributed by atoms with Gasteiger partial charge in [0.1, 0.15) is 11.6 Å². The van der Waals surface area contributed by atoms with Crippen LogP contribution in [0.4, 0.5) is 17.6 Å². The van der Waals surface area contributed by atoms with Crippen LogP contribution in [0.1, 0.15) is 38.2 Å². The van der Waals surface area contributed by atoms with Gasteiger partial charge in [0.2, 0.25) is 11.9 Å². The van der Waals surface area contributed by atoms with Crippen molar-refractivity contribution in [3.05, 3.63) is 30.1 Å². The van der Waals surface area contributed by atoms with E-state index in [0.717, 1.165) is 25.5 Å². The third-order valence-electron chi connectivity index (χ3n) is 4.66. The van der Waals surface area contributed by atoms with Crippen molar-refractivity contribution in [2.75, 3.05) is 29.9 Å². The van der Waals surface area contributed by atoms with E-state index in [1.165, 1.54) is 6.08 Å². The van der Waals surface area contributed by atoms with E-state index in [1.807, 2.05) is 6.92 Å². The second-order valence-electron chi connectivity index (χ2n) is 6.69. The van der Waals surface area contributed by atoms with Crippen LogP contribution in [-0.2, 0) is 4.79 Å². The van der Waals surface area contributed by atoms with Crippen LogP contribution in [-0.4, -0.2) is 51.8 Å². The molecule has 2 rings (SSSR count). The second kappa shape index (κ2) is 10.2. The van der Waals surface area contributed by atoms with Crippen LogP contribution in [0.25, 0.3) is 0 Å². The minimum atomic E-state index is -0.133. The van der Waals surface area contributed by atoms with Crippen LogP contribution in [0, 0.1) is 10.8 Å². The fraction of sp³-hybridized carbons (Fsp3) is 0.421.